The number of carbonyl (C=O) groups is 1. The van der Waals surface area contributed by atoms with Crippen LogP contribution in [0.3, 0.4) is 0 Å². The van der Waals surface area contributed by atoms with Gasteiger partial charge >= 0.3 is 5.97 Å². The van der Waals surface area contributed by atoms with E-state index in [9.17, 15) is 4.79 Å². The third kappa shape index (κ3) is 1.86. The second kappa shape index (κ2) is 3.77. The smallest absolute Gasteiger partial charge is 0.330 e. The quantitative estimate of drug-likeness (QED) is 0.551. The molecule has 3 heteroatoms. The minimum absolute atomic E-state index is 0.136. The molecule has 1 saturated heterocycles. The number of esters is 1. The second-order valence-electron chi connectivity index (χ2n) is 3.50. The summed E-state index contributed by atoms with van der Waals surface area (Å²) >= 11 is 0. The molecule has 2 rings (SSSR count). The Kier molecular flexibility index (Phi) is 2.46. The maximum Gasteiger partial charge on any atom is 0.330 e. The number of carbonyl (C=O) groups excluding carboxylic acids is 1. The third-order valence-corrected chi connectivity index (χ3v) is 2.54. The number of benzene rings is 1. The first kappa shape index (κ1) is 9.77. The highest BCUT2D eigenvalue weighted by Gasteiger charge is 2.42. The van der Waals surface area contributed by atoms with Crippen molar-refractivity contribution < 1.29 is 9.53 Å². The molecule has 1 atom stereocenters. The zero-order valence-electron chi connectivity index (χ0n) is 8.64. The lowest BCUT2D eigenvalue weighted by molar-refractivity contribution is -0.140. The molecule has 78 valence electrons. The summed E-state index contributed by atoms with van der Waals surface area (Å²) in [4.78, 5) is 13.1. The first-order valence-electron chi connectivity index (χ1n) is 4.83. The van der Waals surface area contributed by atoms with Crippen LogP contribution in [0.15, 0.2) is 36.9 Å². The molecule has 0 aromatic heterocycles. The summed E-state index contributed by atoms with van der Waals surface area (Å²) in [5, 5.41) is 0. The first-order valence-corrected chi connectivity index (χ1v) is 4.83. The van der Waals surface area contributed by atoms with Crippen molar-refractivity contribution in [1.82, 2.24) is 4.90 Å². The number of rotatable bonds is 3. The molecule has 1 aliphatic heterocycles. The van der Waals surface area contributed by atoms with Crippen molar-refractivity contribution in [1.29, 1.82) is 0 Å². The van der Waals surface area contributed by atoms with Gasteiger partial charge in [0.15, 0.2) is 0 Å². The molecule has 0 amide bonds. The fourth-order valence-corrected chi connectivity index (χ4v) is 1.57. The van der Waals surface area contributed by atoms with Gasteiger partial charge in [-0.25, -0.2) is 4.79 Å². The van der Waals surface area contributed by atoms with Crippen LogP contribution in [0.2, 0.25) is 0 Å². The Balaban J connectivity index is 2.04. The van der Waals surface area contributed by atoms with Crippen LogP contribution < -0.4 is 0 Å². The molecule has 1 heterocycles. The zero-order valence-corrected chi connectivity index (χ0v) is 8.64. The van der Waals surface area contributed by atoms with E-state index in [0.717, 1.165) is 11.3 Å². The molecular weight excluding hydrogens is 190 g/mol. The van der Waals surface area contributed by atoms with Gasteiger partial charge in [0.1, 0.15) is 6.04 Å². The molecule has 15 heavy (non-hydrogen) atoms. The summed E-state index contributed by atoms with van der Waals surface area (Å²) in [6.07, 6.45) is 0. The fraction of sp³-hybridized carbons (Fsp3) is 0.250. The van der Waals surface area contributed by atoms with E-state index < -0.39 is 0 Å². The molecule has 0 bridgehead atoms. The van der Waals surface area contributed by atoms with Gasteiger partial charge in [-0.1, -0.05) is 36.9 Å². The first-order chi connectivity index (χ1) is 7.24. The number of nitrogens with zero attached hydrogens (tertiary/aromatic N) is 1. The number of hydrogen-bond donors (Lipinski definition) is 0. The largest absolute Gasteiger partial charge is 0.467 e. The van der Waals surface area contributed by atoms with Gasteiger partial charge < -0.3 is 9.64 Å². The number of hydrogen-bond acceptors (Lipinski definition) is 3. The lowest BCUT2D eigenvalue weighted by Crippen LogP contribution is -2.13. The van der Waals surface area contributed by atoms with Crippen molar-refractivity contribution in [3.05, 3.63) is 42.5 Å². The van der Waals surface area contributed by atoms with Gasteiger partial charge in [0.2, 0.25) is 0 Å². The Hall–Kier alpha value is -1.77. The summed E-state index contributed by atoms with van der Waals surface area (Å²) in [5.41, 5.74) is 1.93. The molecule has 0 N–H and O–H groups in total. The molecule has 0 spiro atoms. The van der Waals surface area contributed by atoms with Crippen molar-refractivity contribution in [3.8, 4) is 0 Å². The van der Waals surface area contributed by atoms with Crippen LogP contribution in [0.4, 0.5) is 0 Å². The molecule has 1 unspecified atom stereocenters. The maximum absolute atomic E-state index is 11.2. The van der Waals surface area contributed by atoms with Gasteiger partial charge in [-0.05, 0) is 5.56 Å². The summed E-state index contributed by atoms with van der Waals surface area (Å²) < 4.78 is 4.67. The highest BCUT2D eigenvalue weighted by Crippen LogP contribution is 2.30. The van der Waals surface area contributed by atoms with Crippen LogP contribution in [-0.2, 0) is 9.53 Å². The van der Waals surface area contributed by atoms with E-state index in [1.54, 1.807) is 0 Å². The molecular formula is C12H13NO2. The van der Waals surface area contributed by atoms with Crippen LogP contribution >= 0.6 is 0 Å². The van der Waals surface area contributed by atoms with Crippen LogP contribution in [0.25, 0.3) is 5.70 Å². The fourth-order valence-electron chi connectivity index (χ4n) is 1.57. The lowest BCUT2D eigenvalue weighted by atomic mass is 10.2. The molecule has 1 fully saturated rings. The van der Waals surface area contributed by atoms with E-state index in [0.29, 0.717) is 6.54 Å². The van der Waals surface area contributed by atoms with E-state index in [2.05, 4.69) is 11.3 Å². The molecule has 0 radical (unpaired) electrons. The SMILES string of the molecule is C=C(c1ccccc1)N1CC1C(=O)OC. The Morgan fingerprint density at radius 3 is 2.73 bits per heavy atom. The highest BCUT2D eigenvalue weighted by molar-refractivity contribution is 5.83. The van der Waals surface area contributed by atoms with Crippen molar-refractivity contribution in [2.75, 3.05) is 13.7 Å². The van der Waals surface area contributed by atoms with Crippen LogP contribution in [0.1, 0.15) is 5.56 Å². The van der Waals surface area contributed by atoms with Gasteiger partial charge in [0.25, 0.3) is 0 Å². The number of ether oxygens (including phenoxy) is 1. The maximum atomic E-state index is 11.2. The molecule has 0 saturated carbocycles. The average Bonchev–Trinajstić information content (AvgIpc) is 3.08. The van der Waals surface area contributed by atoms with Gasteiger partial charge in [-0.2, -0.15) is 0 Å². The zero-order chi connectivity index (χ0) is 10.8. The second-order valence-corrected chi connectivity index (χ2v) is 3.50. The molecule has 1 aromatic rings. The van der Waals surface area contributed by atoms with Crippen molar-refractivity contribution in [2.45, 2.75) is 6.04 Å². The molecule has 1 aromatic carbocycles. The van der Waals surface area contributed by atoms with E-state index >= 15 is 0 Å². The van der Waals surface area contributed by atoms with Gasteiger partial charge in [-0.15, -0.1) is 0 Å². The predicted molar refractivity (Wildman–Crippen MR) is 58.0 cm³/mol. The summed E-state index contributed by atoms with van der Waals surface area (Å²) in [5.74, 6) is -0.188. The van der Waals surface area contributed by atoms with Crippen LogP contribution in [0.5, 0.6) is 0 Å². The minimum atomic E-state index is -0.188. The standard InChI is InChI=1S/C12H13NO2/c1-9(10-6-4-3-5-7-10)13-8-11(13)12(14)15-2/h3-7,11H,1,8H2,2H3. The van der Waals surface area contributed by atoms with E-state index in [4.69, 9.17) is 0 Å². The van der Waals surface area contributed by atoms with Crippen LogP contribution in [0, 0.1) is 0 Å². The Morgan fingerprint density at radius 1 is 1.47 bits per heavy atom. The van der Waals surface area contributed by atoms with E-state index in [1.807, 2.05) is 35.2 Å². The third-order valence-electron chi connectivity index (χ3n) is 2.54. The summed E-state index contributed by atoms with van der Waals surface area (Å²) in [6, 6.07) is 9.69. The average molecular weight is 203 g/mol. The monoisotopic (exact) mass is 203 g/mol. The Bertz CT molecular complexity index is 386. The van der Waals surface area contributed by atoms with Crippen molar-refractivity contribution >= 4 is 11.7 Å². The highest BCUT2D eigenvalue weighted by atomic mass is 16.5. The van der Waals surface area contributed by atoms with Gasteiger partial charge in [-0.3, -0.25) is 0 Å². The summed E-state index contributed by atoms with van der Waals surface area (Å²) in [7, 11) is 1.41. The lowest BCUT2D eigenvalue weighted by Gasteiger charge is -2.08. The van der Waals surface area contributed by atoms with Gasteiger partial charge in [0, 0.05) is 5.70 Å². The van der Waals surface area contributed by atoms with Gasteiger partial charge in [0.05, 0.1) is 13.7 Å². The molecule has 1 aliphatic rings. The normalized spacial score (nSPS) is 18.5. The number of methoxy groups -OCH3 is 1. The van der Waals surface area contributed by atoms with E-state index in [-0.39, 0.29) is 12.0 Å². The van der Waals surface area contributed by atoms with Crippen molar-refractivity contribution in [3.63, 3.8) is 0 Å². The van der Waals surface area contributed by atoms with Crippen LogP contribution in [-0.4, -0.2) is 30.6 Å². The molecule has 0 aliphatic carbocycles. The summed E-state index contributed by atoms with van der Waals surface area (Å²) in [6.45, 7) is 4.68. The van der Waals surface area contributed by atoms with E-state index in [1.165, 1.54) is 7.11 Å². The van der Waals surface area contributed by atoms with Crippen molar-refractivity contribution in [2.24, 2.45) is 0 Å². The topological polar surface area (TPSA) is 29.3 Å². The predicted octanol–water partition coefficient (Wildman–Crippen LogP) is 1.51. The minimum Gasteiger partial charge on any atom is -0.467 e. The Morgan fingerprint density at radius 2 is 2.13 bits per heavy atom. The molecule has 3 nitrogen and oxygen atoms in total. The Labute approximate surface area is 89.0 Å².